The molecule has 0 aromatic heterocycles. The summed E-state index contributed by atoms with van der Waals surface area (Å²) in [5.41, 5.74) is 8.67. The van der Waals surface area contributed by atoms with E-state index in [0.717, 1.165) is 72.9 Å². The molecule has 458 valence electrons. The van der Waals surface area contributed by atoms with Crippen LogP contribution in [-0.2, 0) is 28.9 Å². The third-order valence-corrected chi connectivity index (χ3v) is 16.2. The number of amides is 6. The van der Waals surface area contributed by atoms with Gasteiger partial charge >= 0.3 is 5.97 Å². The Morgan fingerprint density at radius 2 is 1.05 bits per heavy atom. The molecule has 0 radical (unpaired) electrons. The summed E-state index contributed by atoms with van der Waals surface area (Å²) in [6.07, 6.45) is 1.82. The van der Waals surface area contributed by atoms with E-state index in [4.69, 9.17) is 34.8 Å². The van der Waals surface area contributed by atoms with Crippen LogP contribution in [0.3, 0.4) is 0 Å². The average Bonchev–Trinajstić information content (AvgIpc) is 2.21. The van der Waals surface area contributed by atoms with E-state index in [-0.39, 0.29) is 47.1 Å². The van der Waals surface area contributed by atoms with Crippen molar-refractivity contribution in [2.24, 2.45) is 0 Å². The molecule has 0 saturated carbocycles. The van der Waals surface area contributed by atoms with Crippen molar-refractivity contribution in [3.05, 3.63) is 180 Å². The van der Waals surface area contributed by atoms with Crippen molar-refractivity contribution in [2.75, 3.05) is 139 Å². The SMILES string of the molecule is CN(C)CCC(=O)N1CCN(c2ccc(C(=O)NCCc3ccc(Cl)cc3Cl)cc2NC(=O)c2ccc(C(=O)O)cc2)CC1.Cc1ccc(CCNC(=O)c2ccc(N3CCN(CCN(C)C)CC3)c(NC(=O)c3ccc4c(c3)CC(=O)N4)c2)c(Cl)c1. The molecule has 6 amide bonds. The second-order valence-electron chi connectivity index (χ2n) is 22.2. The number of likely N-dealkylation sites (N-methyl/N-ethyl adjacent to an activating group) is 1. The molecule has 6 aromatic rings. The van der Waals surface area contributed by atoms with Gasteiger partial charge in [0.2, 0.25) is 11.8 Å². The molecular weight excluding hydrogens is 1170 g/mol. The first kappa shape index (κ1) is 64.9. The number of aromatic carboxylic acids is 1. The van der Waals surface area contributed by atoms with Crippen molar-refractivity contribution in [1.82, 2.24) is 30.2 Å². The van der Waals surface area contributed by atoms with Gasteiger partial charge in [0.1, 0.15) is 0 Å². The van der Waals surface area contributed by atoms with Crippen molar-refractivity contribution in [1.29, 1.82) is 0 Å². The molecule has 9 rings (SSSR count). The van der Waals surface area contributed by atoms with Crippen LogP contribution in [0.5, 0.6) is 0 Å². The second-order valence-corrected chi connectivity index (χ2v) is 23.5. The summed E-state index contributed by atoms with van der Waals surface area (Å²) in [5, 5.41) is 25.6. The highest BCUT2D eigenvalue weighted by molar-refractivity contribution is 6.35. The zero-order valence-electron chi connectivity index (χ0n) is 49.6. The van der Waals surface area contributed by atoms with Crippen LogP contribution >= 0.6 is 34.8 Å². The lowest BCUT2D eigenvalue weighted by atomic mass is 10.1. The maximum Gasteiger partial charge on any atom is 0.335 e. The number of halogens is 3. The van der Waals surface area contributed by atoms with Gasteiger partial charge in [-0.15, -0.1) is 0 Å². The normalized spacial score (nSPS) is 14.0. The number of fused-ring (bicyclic) bond motifs is 1. The fraction of sp³-hybridized carbons (Fsp3) is 0.338. The molecule has 0 aliphatic carbocycles. The van der Waals surface area contributed by atoms with Gasteiger partial charge in [-0.05, 0) is 167 Å². The molecule has 87 heavy (non-hydrogen) atoms. The quantitative estimate of drug-likeness (QED) is 0.0398. The van der Waals surface area contributed by atoms with Gasteiger partial charge in [0.05, 0.1) is 34.7 Å². The minimum Gasteiger partial charge on any atom is -0.478 e. The van der Waals surface area contributed by atoms with Crippen LogP contribution in [0.25, 0.3) is 0 Å². The monoisotopic (exact) mass is 1240 g/mol. The Morgan fingerprint density at radius 1 is 0.552 bits per heavy atom. The van der Waals surface area contributed by atoms with Crippen molar-refractivity contribution < 1.29 is 38.7 Å². The number of nitrogens with zero attached hydrogens (tertiary/aromatic N) is 6. The standard InChI is InChI=1S/C33H39ClN6O3.C32H35Cl2N5O5/c1-22-4-5-23(27(34)18-22)10-11-35-32(42)25-7-9-30(40-16-14-39(15-17-40)13-12-38(2)3)29(20-25)37-33(43)24-6-8-28-26(19-24)21-31(41)36-28;1-37(2)14-12-29(40)39-17-15-38(16-18-39)28-10-8-24(30(41)35-13-11-21-7-9-25(33)20-26(21)34)19-27(28)36-31(42)22-3-5-23(6-4-22)32(43)44/h4-9,18-20H,10-17,21H2,1-3H3,(H,35,42)(H,36,41)(H,37,43);3-10,19-20H,11-18H2,1-2H3,(H,35,41)(H,36,42)(H,43,44). The number of carbonyl (C=O) groups excluding carboxylic acids is 6. The van der Waals surface area contributed by atoms with E-state index in [1.54, 1.807) is 54.6 Å². The van der Waals surface area contributed by atoms with Crippen molar-refractivity contribution in [3.63, 3.8) is 0 Å². The Labute approximate surface area is 522 Å². The van der Waals surface area contributed by atoms with Crippen molar-refractivity contribution >= 4 is 105 Å². The van der Waals surface area contributed by atoms with Gasteiger partial charge in [0, 0.05) is 135 Å². The molecule has 22 heteroatoms. The number of nitrogens with one attached hydrogen (secondary N) is 5. The lowest BCUT2D eigenvalue weighted by Crippen LogP contribution is -2.49. The predicted octanol–water partition coefficient (Wildman–Crippen LogP) is 8.57. The van der Waals surface area contributed by atoms with E-state index < -0.39 is 11.9 Å². The minimum absolute atomic E-state index is 0.0683. The number of hydrogen-bond donors (Lipinski definition) is 6. The van der Waals surface area contributed by atoms with Gasteiger partial charge in [-0.3, -0.25) is 33.7 Å². The lowest BCUT2D eigenvalue weighted by Gasteiger charge is -2.37. The Balaban J connectivity index is 0.000000226. The summed E-state index contributed by atoms with van der Waals surface area (Å²) in [5.74, 6) is -2.35. The highest BCUT2D eigenvalue weighted by atomic mass is 35.5. The molecule has 2 saturated heterocycles. The van der Waals surface area contributed by atoms with Gasteiger partial charge in [0.25, 0.3) is 23.6 Å². The van der Waals surface area contributed by atoms with Gasteiger partial charge in [-0.1, -0.05) is 53.0 Å². The first-order chi connectivity index (χ1) is 41.7. The number of hydrogen-bond acceptors (Lipinski definition) is 12. The van der Waals surface area contributed by atoms with Gasteiger partial charge < -0.3 is 56.2 Å². The van der Waals surface area contributed by atoms with Gasteiger partial charge in [-0.25, -0.2) is 4.79 Å². The maximum atomic E-state index is 13.4. The zero-order valence-corrected chi connectivity index (χ0v) is 51.9. The summed E-state index contributed by atoms with van der Waals surface area (Å²) in [6.45, 7) is 11.1. The molecule has 6 aromatic carbocycles. The highest BCUT2D eigenvalue weighted by Crippen LogP contribution is 2.32. The molecule has 0 bridgehead atoms. The Morgan fingerprint density at radius 3 is 1.59 bits per heavy atom. The van der Waals surface area contributed by atoms with E-state index in [0.29, 0.717) is 114 Å². The number of anilines is 5. The summed E-state index contributed by atoms with van der Waals surface area (Å²) in [7, 11) is 8.02. The molecule has 0 spiro atoms. The van der Waals surface area contributed by atoms with Crippen LogP contribution in [0.15, 0.2) is 115 Å². The Hall–Kier alpha value is -8.04. The van der Waals surface area contributed by atoms with Gasteiger partial charge in [-0.2, -0.15) is 0 Å². The van der Waals surface area contributed by atoms with Crippen molar-refractivity contribution in [3.8, 4) is 0 Å². The van der Waals surface area contributed by atoms with E-state index in [1.807, 2.05) is 67.2 Å². The first-order valence-electron chi connectivity index (χ1n) is 28.9. The topological polar surface area (TPSA) is 219 Å². The van der Waals surface area contributed by atoms with Crippen LogP contribution in [-0.4, -0.2) is 179 Å². The number of rotatable bonds is 21. The molecule has 0 unspecified atom stereocenters. The third kappa shape index (κ3) is 18.3. The molecule has 19 nitrogen and oxygen atoms in total. The van der Waals surface area contributed by atoms with Crippen LogP contribution in [0.2, 0.25) is 15.1 Å². The smallest absolute Gasteiger partial charge is 0.335 e. The average molecular weight is 1240 g/mol. The van der Waals surface area contributed by atoms with E-state index >= 15 is 0 Å². The Bertz CT molecular complexity index is 3490. The summed E-state index contributed by atoms with van der Waals surface area (Å²) < 4.78 is 0. The van der Waals surface area contributed by atoms with Crippen LogP contribution in [0.1, 0.15) is 80.5 Å². The Kier molecular flexibility index (Phi) is 22.8. The molecule has 0 atom stereocenters. The first-order valence-corrected chi connectivity index (χ1v) is 30.0. The molecular formula is C65H74Cl3N11O8. The van der Waals surface area contributed by atoms with Crippen LogP contribution in [0.4, 0.5) is 28.4 Å². The fourth-order valence-electron chi connectivity index (χ4n) is 10.3. The molecule has 6 N–H and O–H groups in total. The number of piperazine rings is 2. The minimum atomic E-state index is -1.09. The number of aryl methyl sites for hydroxylation is 1. The number of carboxylic acid groups (broad SMARTS) is 1. The zero-order chi connectivity index (χ0) is 62.3. The molecule has 3 aliphatic rings. The number of carboxylic acids is 1. The van der Waals surface area contributed by atoms with Crippen molar-refractivity contribution in [2.45, 2.75) is 32.6 Å². The largest absolute Gasteiger partial charge is 0.478 e. The highest BCUT2D eigenvalue weighted by Gasteiger charge is 2.26. The lowest BCUT2D eigenvalue weighted by molar-refractivity contribution is -0.131. The number of benzene rings is 6. The maximum absolute atomic E-state index is 13.4. The van der Waals surface area contributed by atoms with Crippen LogP contribution in [0, 0.1) is 6.92 Å². The summed E-state index contributed by atoms with van der Waals surface area (Å²) in [6, 6.07) is 32.5. The second kappa shape index (κ2) is 30.5. The molecule has 2 fully saturated rings. The van der Waals surface area contributed by atoms with Crippen LogP contribution < -0.4 is 36.4 Å². The summed E-state index contributed by atoms with van der Waals surface area (Å²) in [4.78, 5) is 101. The third-order valence-electron chi connectivity index (χ3n) is 15.3. The van der Waals surface area contributed by atoms with E-state index in [9.17, 15) is 38.7 Å². The summed E-state index contributed by atoms with van der Waals surface area (Å²) >= 11 is 18.6. The predicted molar refractivity (Wildman–Crippen MR) is 345 cm³/mol. The van der Waals surface area contributed by atoms with E-state index in [1.165, 1.54) is 24.3 Å². The number of carbonyl (C=O) groups is 7. The fourth-order valence-corrected chi connectivity index (χ4v) is 11.1. The van der Waals surface area contributed by atoms with E-state index in [2.05, 4.69) is 60.3 Å². The molecule has 3 heterocycles. The van der Waals surface area contributed by atoms with Gasteiger partial charge in [0.15, 0.2) is 0 Å². The molecule has 3 aliphatic heterocycles.